The minimum absolute atomic E-state index is 0.0429. The molecule has 1 aliphatic carbocycles. The van der Waals surface area contributed by atoms with Crippen molar-refractivity contribution < 1.29 is 4.79 Å². The van der Waals surface area contributed by atoms with Gasteiger partial charge in [0.15, 0.2) is 5.82 Å². The quantitative estimate of drug-likeness (QED) is 0.310. The molecule has 2 aliphatic rings. The minimum Gasteiger partial charge on any atom is -0.369 e. The summed E-state index contributed by atoms with van der Waals surface area (Å²) in [5.74, 6) is 0.876. The van der Waals surface area contributed by atoms with E-state index in [1.165, 1.54) is 11.3 Å². The predicted molar refractivity (Wildman–Crippen MR) is 156 cm³/mol. The number of rotatable bonds is 9. The second-order valence-corrected chi connectivity index (χ2v) is 11.0. The summed E-state index contributed by atoms with van der Waals surface area (Å²) in [6.07, 6.45) is 5.43. The molecule has 4 aromatic rings. The number of hydrogen-bond acceptors (Lipinski definition) is 7. The van der Waals surface area contributed by atoms with Crippen LogP contribution in [0.2, 0.25) is 0 Å². The van der Waals surface area contributed by atoms with Crippen molar-refractivity contribution in [3.63, 3.8) is 0 Å². The summed E-state index contributed by atoms with van der Waals surface area (Å²) in [6, 6.07) is 16.9. The Hall–Kier alpha value is -3.49. The number of likely N-dealkylation sites (N-methyl/N-ethyl adjacent to an activating group) is 1. The van der Waals surface area contributed by atoms with Crippen LogP contribution in [0.15, 0.2) is 60.2 Å². The Morgan fingerprint density at radius 2 is 1.74 bits per heavy atom. The van der Waals surface area contributed by atoms with Gasteiger partial charge in [-0.05, 0) is 79.1 Å². The molecule has 0 radical (unpaired) electrons. The fourth-order valence-corrected chi connectivity index (χ4v) is 6.10. The highest BCUT2D eigenvalue weighted by atomic mass is 32.1. The van der Waals surface area contributed by atoms with Crippen molar-refractivity contribution in [2.75, 3.05) is 42.9 Å². The first-order chi connectivity index (χ1) is 18.7. The van der Waals surface area contributed by atoms with Crippen LogP contribution in [0.3, 0.4) is 0 Å². The Balaban J connectivity index is 1.13. The van der Waals surface area contributed by atoms with Crippen LogP contribution >= 0.6 is 11.3 Å². The zero-order valence-electron chi connectivity index (χ0n) is 21.8. The first kappa shape index (κ1) is 24.8. The number of thiophene rings is 1. The predicted octanol–water partition coefficient (Wildman–Crippen LogP) is 5.25. The van der Waals surface area contributed by atoms with Crippen molar-refractivity contribution in [3.8, 4) is 0 Å². The highest BCUT2D eigenvalue weighted by molar-refractivity contribution is 7.18. The Labute approximate surface area is 227 Å². The monoisotopic (exact) mass is 526 g/mol. The number of anilines is 3. The van der Waals surface area contributed by atoms with Crippen molar-refractivity contribution in [2.45, 2.75) is 38.6 Å². The lowest BCUT2D eigenvalue weighted by Crippen LogP contribution is -2.46. The molecule has 0 atom stereocenters. The summed E-state index contributed by atoms with van der Waals surface area (Å²) in [4.78, 5) is 26.8. The third-order valence-corrected chi connectivity index (χ3v) is 8.60. The number of amides is 1. The van der Waals surface area contributed by atoms with Crippen LogP contribution in [-0.4, -0.2) is 59.5 Å². The van der Waals surface area contributed by atoms with E-state index in [0.29, 0.717) is 6.04 Å². The number of carbonyl (C=O) groups is 1. The molecular formula is C30H34N6OS. The smallest absolute Gasteiger partial charge is 0.251 e. The Morgan fingerprint density at radius 3 is 2.50 bits per heavy atom. The zero-order valence-corrected chi connectivity index (χ0v) is 22.6. The fourth-order valence-electron chi connectivity index (χ4n) is 5.10. The highest BCUT2D eigenvalue weighted by Gasteiger charge is 2.24. The molecule has 6 rings (SSSR count). The number of benzene rings is 2. The van der Waals surface area contributed by atoms with E-state index < -0.39 is 0 Å². The number of nitrogens with zero attached hydrogens (tertiary/aromatic N) is 4. The molecule has 0 spiro atoms. The Kier molecular flexibility index (Phi) is 7.25. The summed E-state index contributed by atoms with van der Waals surface area (Å²) in [7, 11) is 0. The van der Waals surface area contributed by atoms with E-state index in [1.807, 2.05) is 18.2 Å². The fraction of sp³-hybridized carbons (Fsp3) is 0.367. The van der Waals surface area contributed by atoms with Crippen LogP contribution in [0.1, 0.15) is 41.3 Å². The van der Waals surface area contributed by atoms with Crippen molar-refractivity contribution in [3.05, 3.63) is 76.9 Å². The van der Waals surface area contributed by atoms with Gasteiger partial charge < -0.3 is 20.4 Å². The van der Waals surface area contributed by atoms with Gasteiger partial charge in [-0.15, -0.1) is 11.3 Å². The zero-order chi connectivity index (χ0) is 25.9. The molecule has 196 valence electrons. The topological polar surface area (TPSA) is 73.4 Å². The second kappa shape index (κ2) is 11.1. The summed E-state index contributed by atoms with van der Waals surface area (Å²) in [6.45, 7) is 7.73. The first-order valence-electron chi connectivity index (χ1n) is 13.6. The molecule has 2 fully saturated rings. The van der Waals surface area contributed by atoms with E-state index in [4.69, 9.17) is 0 Å². The maximum absolute atomic E-state index is 12.7. The SMILES string of the molecule is CCN1CCN(c2ccc(Nc3ncnc4c(CCc5ccccc5C(=O)NC5CC5)csc34)cc2)CC1. The average Bonchev–Trinajstić information content (AvgIpc) is 3.68. The largest absolute Gasteiger partial charge is 0.369 e. The number of nitrogens with one attached hydrogen (secondary N) is 2. The lowest BCUT2D eigenvalue weighted by molar-refractivity contribution is 0.0950. The van der Waals surface area contributed by atoms with E-state index in [9.17, 15) is 4.79 Å². The number of piperazine rings is 1. The van der Waals surface area contributed by atoms with Crippen LogP contribution in [-0.2, 0) is 12.8 Å². The van der Waals surface area contributed by atoms with Gasteiger partial charge >= 0.3 is 0 Å². The molecule has 1 saturated heterocycles. The number of fused-ring (bicyclic) bond motifs is 1. The number of aryl methyl sites for hydroxylation is 2. The van der Waals surface area contributed by atoms with Gasteiger partial charge in [-0.1, -0.05) is 25.1 Å². The van der Waals surface area contributed by atoms with Crippen molar-refractivity contribution in [2.24, 2.45) is 0 Å². The molecule has 2 aromatic heterocycles. The van der Waals surface area contributed by atoms with Gasteiger partial charge in [0.2, 0.25) is 0 Å². The average molecular weight is 527 g/mol. The van der Waals surface area contributed by atoms with Gasteiger partial charge in [0, 0.05) is 49.2 Å². The lowest BCUT2D eigenvalue weighted by atomic mass is 10.00. The summed E-state index contributed by atoms with van der Waals surface area (Å²) in [5, 5.41) is 8.80. The van der Waals surface area contributed by atoms with Gasteiger partial charge in [0.1, 0.15) is 6.33 Å². The molecule has 0 unspecified atom stereocenters. The van der Waals surface area contributed by atoms with Crippen LogP contribution in [0.25, 0.3) is 10.2 Å². The molecule has 7 nitrogen and oxygen atoms in total. The van der Waals surface area contributed by atoms with Crippen LogP contribution in [0.4, 0.5) is 17.2 Å². The molecule has 8 heteroatoms. The molecule has 1 saturated carbocycles. The third kappa shape index (κ3) is 5.51. The van der Waals surface area contributed by atoms with E-state index in [1.54, 1.807) is 17.7 Å². The van der Waals surface area contributed by atoms with E-state index >= 15 is 0 Å². The second-order valence-electron chi connectivity index (χ2n) is 10.2. The molecule has 0 bridgehead atoms. The van der Waals surface area contributed by atoms with Gasteiger partial charge in [-0.2, -0.15) is 0 Å². The molecule has 1 amide bonds. The normalized spacial score (nSPS) is 16.1. The number of aromatic nitrogens is 2. The van der Waals surface area contributed by atoms with Gasteiger partial charge in [0.25, 0.3) is 5.91 Å². The number of hydrogen-bond donors (Lipinski definition) is 2. The lowest BCUT2D eigenvalue weighted by Gasteiger charge is -2.35. The Bertz CT molecular complexity index is 1410. The maximum atomic E-state index is 12.7. The highest BCUT2D eigenvalue weighted by Crippen LogP contribution is 2.32. The van der Waals surface area contributed by atoms with Crippen molar-refractivity contribution in [1.29, 1.82) is 0 Å². The van der Waals surface area contributed by atoms with Crippen LogP contribution < -0.4 is 15.5 Å². The van der Waals surface area contributed by atoms with Crippen LogP contribution in [0.5, 0.6) is 0 Å². The van der Waals surface area contributed by atoms with Gasteiger partial charge in [-0.3, -0.25) is 4.79 Å². The summed E-state index contributed by atoms with van der Waals surface area (Å²) >= 11 is 1.67. The molecule has 2 N–H and O–H groups in total. The first-order valence-corrected chi connectivity index (χ1v) is 14.5. The van der Waals surface area contributed by atoms with E-state index in [0.717, 1.165) is 91.3 Å². The third-order valence-electron chi connectivity index (χ3n) is 7.58. The van der Waals surface area contributed by atoms with Crippen molar-refractivity contribution >= 4 is 44.7 Å². The van der Waals surface area contributed by atoms with Crippen molar-refractivity contribution in [1.82, 2.24) is 20.2 Å². The molecule has 2 aromatic carbocycles. The molecule has 3 heterocycles. The van der Waals surface area contributed by atoms with Gasteiger partial charge in [0.05, 0.1) is 10.2 Å². The number of carbonyl (C=O) groups excluding carboxylic acids is 1. The van der Waals surface area contributed by atoms with E-state index in [-0.39, 0.29) is 5.91 Å². The molecule has 38 heavy (non-hydrogen) atoms. The maximum Gasteiger partial charge on any atom is 0.251 e. The summed E-state index contributed by atoms with van der Waals surface area (Å²) < 4.78 is 1.06. The minimum atomic E-state index is 0.0429. The molecular weight excluding hydrogens is 492 g/mol. The summed E-state index contributed by atoms with van der Waals surface area (Å²) in [5.41, 5.74) is 6.32. The molecule has 1 aliphatic heterocycles. The van der Waals surface area contributed by atoms with E-state index in [2.05, 4.69) is 73.0 Å². The van der Waals surface area contributed by atoms with Crippen LogP contribution in [0, 0.1) is 0 Å². The standard InChI is InChI=1S/C30H34N6OS/c1-2-35-15-17-36(18-16-35)25-13-11-23(12-14-25)33-29-28-27(31-20-32-29)22(19-38-28)8-7-21-5-3-4-6-26(21)30(37)34-24-9-10-24/h3-6,11-14,19-20,24H,2,7-10,15-18H2,1H3,(H,34,37)(H,31,32,33). The van der Waals surface area contributed by atoms with Gasteiger partial charge in [-0.25, -0.2) is 9.97 Å². The Morgan fingerprint density at radius 1 is 0.974 bits per heavy atom.